The molecule has 122 valence electrons. The molecule has 22 heavy (non-hydrogen) atoms. The Morgan fingerprint density at radius 3 is 3.00 bits per heavy atom. The maximum atomic E-state index is 12.1. The maximum Gasteiger partial charge on any atom is 0.410 e. The van der Waals surface area contributed by atoms with Crippen LogP contribution in [-0.4, -0.2) is 41.2 Å². The second-order valence-electron chi connectivity index (χ2n) is 6.93. The van der Waals surface area contributed by atoms with Crippen molar-refractivity contribution in [1.29, 1.82) is 0 Å². The SMILES string of the molecule is CC(C)(C)OC(=O)N1CCC[C@H](CNCc2cccnc2)C1. The topological polar surface area (TPSA) is 54.5 Å². The average Bonchev–Trinajstić information content (AvgIpc) is 2.47. The number of carbonyl (C=O) groups excluding carboxylic acids is 1. The molecular formula is C17H27N3O2. The molecule has 0 bridgehead atoms. The van der Waals surface area contributed by atoms with Gasteiger partial charge in [0.05, 0.1) is 0 Å². The van der Waals surface area contributed by atoms with Crippen LogP contribution in [0, 0.1) is 5.92 Å². The third-order valence-electron chi connectivity index (χ3n) is 3.66. The van der Waals surface area contributed by atoms with Crippen LogP contribution in [0.2, 0.25) is 0 Å². The van der Waals surface area contributed by atoms with Gasteiger partial charge in [0.1, 0.15) is 5.60 Å². The quantitative estimate of drug-likeness (QED) is 0.929. The van der Waals surface area contributed by atoms with E-state index in [-0.39, 0.29) is 6.09 Å². The van der Waals surface area contributed by atoms with E-state index in [9.17, 15) is 4.79 Å². The summed E-state index contributed by atoms with van der Waals surface area (Å²) in [5, 5.41) is 3.46. The van der Waals surface area contributed by atoms with Gasteiger partial charge in [-0.05, 0) is 57.7 Å². The van der Waals surface area contributed by atoms with E-state index in [1.807, 2.05) is 37.9 Å². The third kappa shape index (κ3) is 5.64. The molecule has 1 aromatic heterocycles. The van der Waals surface area contributed by atoms with Crippen LogP contribution in [0.25, 0.3) is 0 Å². The zero-order valence-electron chi connectivity index (χ0n) is 13.8. The van der Waals surface area contributed by atoms with Gasteiger partial charge in [0.15, 0.2) is 0 Å². The highest BCUT2D eigenvalue weighted by Gasteiger charge is 2.27. The smallest absolute Gasteiger partial charge is 0.410 e. The van der Waals surface area contributed by atoms with Crippen LogP contribution in [0.5, 0.6) is 0 Å². The Hall–Kier alpha value is -1.62. The fourth-order valence-electron chi connectivity index (χ4n) is 2.65. The first-order valence-corrected chi connectivity index (χ1v) is 8.01. The molecule has 1 fully saturated rings. The predicted octanol–water partition coefficient (Wildman–Crippen LogP) is 2.82. The lowest BCUT2D eigenvalue weighted by Crippen LogP contribution is -2.45. The fourth-order valence-corrected chi connectivity index (χ4v) is 2.65. The van der Waals surface area contributed by atoms with Crippen molar-refractivity contribution in [2.75, 3.05) is 19.6 Å². The number of nitrogens with one attached hydrogen (secondary N) is 1. The monoisotopic (exact) mass is 305 g/mol. The van der Waals surface area contributed by atoms with Gasteiger partial charge in [-0.2, -0.15) is 0 Å². The summed E-state index contributed by atoms with van der Waals surface area (Å²) < 4.78 is 5.46. The Bertz CT molecular complexity index is 471. The van der Waals surface area contributed by atoms with Gasteiger partial charge in [-0.3, -0.25) is 4.98 Å². The lowest BCUT2D eigenvalue weighted by atomic mass is 9.98. The van der Waals surface area contributed by atoms with E-state index in [0.717, 1.165) is 39.0 Å². The molecule has 1 aromatic rings. The number of aromatic nitrogens is 1. The number of amides is 1. The van der Waals surface area contributed by atoms with Crippen LogP contribution in [0.4, 0.5) is 4.79 Å². The Labute approximate surface area is 133 Å². The van der Waals surface area contributed by atoms with Gasteiger partial charge in [0.25, 0.3) is 0 Å². The predicted molar refractivity (Wildman–Crippen MR) is 86.5 cm³/mol. The Kier molecular flexibility index (Phi) is 5.77. The number of ether oxygens (including phenoxy) is 1. The second-order valence-corrected chi connectivity index (χ2v) is 6.93. The van der Waals surface area contributed by atoms with E-state index in [2.05, 4.69) is 16.4 Å². The van der Waals surface area contributed by atoms with Gasteiger partial charge in [-0.25, -0.2) is 4.79 Å². The van der Waals surface area contributed by atoms with E-state index in [1.165, 1.54) is 5.56 Å². The van der Waals surface area contributed by atoms with Crippen LogP contribution in [0.1, 0.15) is 39.2 Å². The Balaban J connectivity index is 1.75. The van der Waals surface area contributed by atoms with Gasteiger partial charge in [-0.15, -0.1) is 0 Å². The maximum absolute atomic E-state index is 12.1. The zero-order chi connectivity index (χ0) is 16.0. The van der Waals surface area contributed by atoms with E-state index >= 15 is 0 Å². The molecule has 0 aliphatic carbocycles. The third-order valence-corrected chi connectivity index (χ3v) is 3.66. The molecule has 2 heterocycles. The highest BCUT2D eigenvalue weighted by molar-refractivity contribution is 5.68. The van der Waals surface area contributed by atoms with Crippen LogP contribution in [0.15, 0.2) is 24.5 Å². The fraction of sp³-hybridized carbons (Fsp3) is 0.647. The summed E-state index contributed by atoms with van der Waals surface area (Å²) >= 11 is 0. The van der Waals surface area contributed by atoms with Gasteiger partial charge in [0.2, 0.25) is 0 Å². The first-order chi connectivity index (χ1) is 10.4. The van der Waals surface area contributed by atoms with Crippen LogP contribution < -0.4 is 5.32 Å². The Morgan fingerprint density at radius 2 is 2.32 bits per heavy atom. The summed E-state index contributed by atoms with van der Waals surface area (Å²) in [4.78, 5) is 18.1. The second kappa shape index (κ2) is 7.58. The highest BCUT2D eigenvalue weighted by atomic mass is 16.6. The van der Waals surface area contributed by atoms with Gasteiger partial charge >= 0.3 is 6.09 Å². The molecule has 2 rings (SSSR count). The van der Waals surface area contributed by atoms with Crippen molar-refractivity contribution >= 4 is 6.09 Å². The summed E-state index contributed by atoms with van der Waals surface area (Å²) in [6.45, 7) is 9.01. The molecule has 5 nitrogen and oxygen atoms in total. The van der Waals surface area contributed by atoms with Crippen molar-refractivity contribution in [2.24, 2.45) is 5.92 Å². The average molecular weight is 305 g/mol. The first-order valence-electron chi connectivity index (χ1n) is 8.01. The molecule has 0 spiro atoms. The van der Waals surface area contributed by atoms with Gasteiger partial charge in [0, 0.05) is 32.0 Å². The van der Waals surface area contributed by atoms with Crippen LogP contribution in [-0.2, 0) is 11.3 Å². The molecule has 1 atom stereocenters. The molecule has 0 unspecified atom stereocenters. The molecule has 0 saturated carbocycles. The number of piperidine rings is 1. The molecule has 0 aromatic carbocycles. The number of carbonyl (C=O) groups is 1. The van der Waals surface area contributed by atoms with Gasteiger partial charge in [-0.1, -0.05) is 6.07 Å². The minimum atomic E-state index is -0.428. The lowest BCUT2D eigenvalue weighted by molar-refractivity contribution is 0.0166. The summed E-state index contributed by atoms with van der Waals surface area (Å²) in [5.74, 6) is 0.484. The molecule has 1 aliphatic heterocycles. The number of pyridine rings is 1. The number of hydrogen-bond acceptors (Lipinski definition) is 4. The molecule has 1 saturated heterocycles. The summed E-state index contributed by atoms with van der Waals surface area (Å²) in [5.41, 5.74) is 0.755. The first kappa shape index (κ1) is 16.7. The van der Waals surface area contributed by atoms with Crippen molar-refractivity contribution in [1.82, 2.24) is 15.2 Å². The normalized spacial score (nSPS) is 19.0. The number of nitrogens with zero attached hydrogens (tertiary/aromatic N) is 2. The van der Waals surface area contributed by atoms with Crippen molar-refractivity contribution in [3.63, 3.8) is 0 Å². The number of hydrogen-bond donors (Lipinski definition) is 1. The Morgan fingerprint density at radius 1 is 1.50 bits per heavy atom. The molecule has 0 radical (unpaired) electrons. The summed E-state index contributed by atoms with van der Waals surface area (Å²) in [6, 6.07) is 4.01. The van der Waals surface area contributed by atoms with Crippen LogP contribution >= 0.6 is 0 Å². The number of likely N-dealkylation sites (tertiary alicyclic amines) is 1. The van der Waals surface area contributed by atoms with E-state index in [1.54, 1.807) is 6.20 Å². The zero-order valence-corrected chi connectivity index (χ0v) is 13.8. The van der Waals surface area contributed by atoms with Gasteiger partial charge < -0.3 is 15.0 Å². The molecular weight excluding hydrogens is 278 g/mol. The summed E-state index contributed by atoms with van der Waals surface area (Å²) in [7, 11) is 0. The van der Waals surface area contributed by atoms with E-state index in [0.29, 0.717) is 5.92 Å². The standard InChI is InChI=1S/C17H27N3O2/c1-17(2,3)22-16(21)20-9-5-7-15(13-20)12-19-11-14-6-4-8-18-10-14/h4,6,8,10,15,19H,5,7,9,11-13H2,1-3H3/t15-/m1/s1. The van der Waals surface area contributed by atoms with E-state index < -0.39 is 5.60 Å². The summed E-state index contributed by atoms with van der Waals surface area (Å²) in [6.07, 6.45) is 5.66. The molecule has 1 aliphatic rings. The minimum Gasteiger partial charge on any atom is -0.444 e. The van der Waals surface area contributed by atoms with Crippen molar-refractivity contribution < 1.29 is 9.53 Å². The number of rotatable bonds is 4. The molecule has 5 heteroatoms. The highest BCUT2D eigenvalue weighted by Crippen LogP contribution is 2.19. The van der Waals surface area contributed by atoms with Crippen molar-refractivity contribution in [3.05, 3.63) is 30.1 Å². The van der Waals surface area contributed by atoms with Crippen molar-refractivity contribution in [3.8, 4) is 0 Å². The van der Waals surface area contributed by atoms with Crippen molar-refractivity contribution in [2.45, 2.75) is 45.8 Å². The lowest BCUT2D eigenvalue weighted by Gasteiger charge is -2.34. The molecule has 1 amide bonds. The largest absolute Gasteiger partial charge is 0.444 e. The molecule has 1 N–H and O–H groups in total. The minimum absolute atomic E-state index is 0.190. The van der Waals surface area contributed by atoms with Crippen LogP contribution in [0.3, 0.4) is 0 Å². The van der Waals surface area contributed by atoms with E-state index in [4.69, 9.17) is 4.74 Å².